The van der Waals surface area contributed by atoms with E-state index in [-0.39, 0.29) is 5.91 Å². The van der Waals surface area contributed by atoms with Crippen LogP contribution in [0.2, 0.25) is 0 Å². The lowest BCUT2D eigenvalue weighted by Crippen LogP contribution is -3.16. The van der Waals surface area contributed by atoms with Crippen LogP contribution in [0, 0.1) is 0 Å². The molecule has 0 radical (unpaired) electrons. The predicted octanol–water partition coefficient (Wildman–Crippen LogP) is -1.95. The molecular formula is C14H23N5O2+2. The molecule has 0 aromatic carbocycles. The number of hydrogen-bond acceptors (Lipinski definition) is 3. The van der Waals surface area contributed by atoms with Crippen molar-refractivity contribution < 1.29 is 19.5 Å². The maximum atomic E-state index is 11.7. The fourth-order valence-electron chi connectivity index (χ4n) is 2.42. The number of pyridine rings is 1. The summed E-state index contributed by atoms with van der Waals surface area (Å²) in [6.45, 7) is 6.21. The molecule has 0 spiro atoms. The van der Waals surface area contributed by atoms with E-state index >= 15 is 0 Å². The Bertz CT molecular complexity index is 472. The Labute approximate surface area is 124 Å². The SMILES string of the molecule is CCNC(=O)NC(=O)C[NH+]1CCN(c2cccc[nH+]2)CC1. The molecule has 1 aliphatic heterocycles. The van der Waals surface area contributed by atoms with Gasteiger partial charge in [-0.05, 0) is 13.0 Å². The van der Waals surface area contributed by atoms with Crippen LogP contribution in [0.25, 0.3) is 0 Å². The van der Waals surface area contributed by atoms with Crippen LogP contribution in [0.4, 0.5) is 10.6 Å². The van der Waals surface area contributed by atoms with Crippen LogP contribution in [-0.2, 0) is 4.79 Å². The summed E-state index contributed by atoms with van der Waals surface area (Å²) in [4.78, 5) is 29.7. The number of imide groups is 1. The summed E-state index contributed by atoms with van der Waals surface area (Å²) in [5.74, 6) is 0.874. The van der Waals surface area contributed by atoms with Gasteiger partial charge >= 0.3 is 6.03 Å². The van der Waals surface area contributed by atoms with E-state index in [2.05, 4.69) is 20.5 Å². The van der Waals surface area contributed by atoms with Crippen LogP contribution in [0.3, 0.4) is 0 Å². The number of aromatic amines is 1. The van der Waals surface area contributed by atoms with Crippen molar-refractivity contribution in [1.29, 1.82) is 0 Å². The third kappa shape index (κ3) is 4.71. The molecular weight excluding hydrogens is 270 g/mol. The van der Waals surface area contributed by atoms with Gasteiger partial charge in [-0.15, -0.1) is 0 Å². The van der Waals surface area contributed by atoms with Gasteiger partial charge in [0.05, 0.1) is 6.20 Å². The molecule has 2 rings (SSSR count). The van der Waals surface area contributed by atoms with Gasteiger partial charge in [0, 0.05) is 12.6 Å². The Morgan fingerprint density at radius 3 is 2.71 bits per heavy atom. The number of anilines is 1. The van der Waals surface area contributed by atoms with Crippen molar-refractivity contribution in [3.8, 4) is 0 Å². The summed E-state index contributed by atoms with van der Waals surface area (Å²) in [6, 6.07) is 5.59. The zero-order valence-electron chi connectivity index (χ0n) is 12.3. The second kappa shape index (κ2) is 7.58. The standard InChI is InChI=1S/C14H21N5O2/c1-2-15-14(21)17-13(20)11-18-7-9-19(10-8-18)12-5-3-4-6-16-12/h3-6H,2,7-11H2,1H3,(H2,15,17,20,21)/p+2. The number of carbonyl (C=O) groups excluding carboxylic acids is 2. The summed E-state index contributed by atoms with van der Waals surface area (Å²) >= 11 is 0. The first-order valence-corrected chi connectivity index (χ1v) is 7.32. The van der Waals surface area contributed by atoms with E-state index in [0.29, 0.717) is 13.1 Å². The molecule has 1 aromatic heterocycles. The van der Waals surface area contributed by atoms with Gasteiger partial charge < -0.3 is 10.2 Å². The zero-order valence-corrected chi connectivity index (χ0v) is 12.3. The molecule has 7 nitrogen and oxygen atoms in total. The minimum atomic E-state index is -0.417. The Morgan fingerprint density at radius 2 is 2.10 bits per heavy atom. The summed E-state index contributed by atoms with van der Waals surface area (Å²) in [7, 11) is 0. The van der Waals surface area contributed by atoms with Crippen molar-refractivity contribution >= 4 is 17.8 Å². The second-order valence-corrected chi connectivity index (χ2v) is 5.07. The summed E-state index contributed by atoms with van der Waals surface area (Å²) in [5.41, 5.74) is 0. The highest BCUT2D eigenvalue weighted by Gasteiger charge is 2.27. The first-order chi connectivity index (χ1) is 10.2. The molecule has 1 aromatic rings. The normalized spacial score (nSPS) is 15.6. The average molecular weight is 293 g/mol. The van der Waals surface area contributed by atoms with Gasteiger partial charge in [-0.2, -0.15) is 0 Å². The van der Waals surface area contributed by atoms with Gasteiger partial charge in [-0.3, -0.25) is 15.0 Å². The van der Waals surface area contributed by atoms with Crippen molar-refractivity contribution in [1.82, 2.24) is 10.6 Å². The van der Waals surface area contributed by atoms with E-state index in [9.17, 15) is 9.59 Å². The predicted molar refractivity (Wildman–Crippen MR) is 78.0 cm³/mol. The average Bonchev–Trinajstić information content (AvgIpc) is 2.49. The lowest BCUT2D eigenvalue weighted by Gasteiger charge is -2.27. The van der Waals surface area contributed by atoms with E-state index in [1.54, 1.807) is 0 Å². The highest BCUT2D eigenvalue weighted by atomic mass is 16.2. The highest BCUT2D eigenvalue weighted by molar-refractivity contribution is 5.94. The van der Waals surface area contributed by atoms with Crippen LogP contribution in [0.5, 0.6) is 0 Å². The van der Waals surface area contributed by atoms with E-state index in [1.807, 2.05) is 31.3 Å². The van der Waals surface area contributed by atoms with Crippen molar-refractivity contribution in [3.63, 3.8) is 0 Å². The van der Waals surface area contributed by atoms with Gasteiger partial charge in [0.25, 0.3) is 11.7 Å². The molecule has 0 saturated carbocycles. The van der Waals surface area contributed by atoms with Gasteiger partial charge in [-0.25, -0.2) is 9.78 Å². The van der Waals surface area contributed by atoms with Crippen LogP contribution in [0.1, 0.15) is 6.92 Å². The molecule has 114 valence electrons. The maximum absolute atomic E-state index is 11.7. The monoisotopic (exact) mass is 293 g/mol. The van der Waals surface area contributed by atoms with Crippen molar-refractivity contribution in [2.24, 2.45) is 0 Å². The smallest absolute Gasteiger partial charge is 0.321 e. The van der Waals surface area contributed by atoms with E-state index in [4.69, 9.17) is 0 Å². The Balaban J connectivity index is 1.74. The zero-order chi connectivity index (χ0) is 15.1. The molecule has 1 saturated heterocycles. The number of quaternary nitrogens is 1. The third-order valence-corrected chi connectivity index (χ3v) is 3.50. The van der Waals surface area contributed by atoms with Crippen LogP contribution >= 0.6 is 0 Å². The van der Waals surface area contributed by atoms with Crippen molar-refractivity contribution in [2.75, 3.05) is 44.2 Å². The van der Waals surface area contributed by atoms with E-state index in [0.717, 1.165) is 32.0 Å². The van der Waals surface area contributed by atoms with Crippen molar-refractivity contribution in [2.45, 2.75) is 6.92 Å². The minimum absolute atomic E-state index is 0.226. The molecule has 3 amide bonds. The molecule has 1 fully saturated rings. The third-order valence-electron chi connectivity index (χ3n) is 3.50. The molecule has 0 unspecified atom stereocenters. The number of rotatable bonds is 4. The number of aromatic nitrogens is 1. The molecule has 0 bridgehead atoms. The second-order valence-electron chi connectivity index (χ2n) is 5.07. The molecule has 0 aliphatic carbocycles. The number of urea groups is 1. The van der Waals surface area contributed by atoms with Crippen molar-refractivity contribution in [3.05, 3.63) is 24.4 Å². The first kappa shape index (κ1) is 15.2. The highest BCUT2D eigenvalue weighted by Crippen LogP contribution is 2.04. The Hall–Kier alpha value is -2.15. The molecule has 1 aliphatic rings. The lowest BCUT2D eigenvalue weighted by atomic mass is 10.3. The maximum Gasteiger partial charge on any atom is 0.321 e. The van der Waals surface area contributed by atoms with Crippen LogP contribution in [-0.4, -0.2) is 51.2 Å². The number of nitrogens with zero attached hydrogens (tertiary/aromatic N) is 1. The first-order valence-electron chi connectivity index (χ1n) is 7.32. The molecule has 21 heavy (non-hydrogen) atoms. The summed E-state index contributed by atoms with van der Waals surface area (Å²) in [6.07, 6.45) is 1.91. The number of H-pyrrole nitrogens is 1. The number of hydrogen-bond donors (Lipinski definition) is 3. The Morgan fingerprint density at radius 1 is 1.33 bits per heavy atom. The summed E-state index contributed by atoms with van der Waals surface area (Å²) < 4.78 is 0. The van der Waals surface area contributed by atoms with Gasteiger partial charge in [-0.1, -0.05) is 6.07 Å². The van der Waals surface area contributed by atoms with Crippen LogP contribution < -0.4 is 25.4 Å². The van der Waals surface area contributed by atoms with Gasteiger partial charge in [0.15, 0.2) is 6.54 Å². The largest absolute Gasteiger partial charge is 0.338 e. The topological polar surface area (TPSA) is 80.0 Å². The summed E-state index contributed by atoms with van der Waals surface area (Å²) in [5, 5.41) is 4.89. The van der Waals surface area contributed by atoms with Gasteiger partial charge in [0.2, 0.25) is 0 Å². The number of nitrogens with one attached hydrogen (secondary N) is 4. The molecule has 4 N–H and O–H groups in total. The number of amides is 3. The van der Waals surface area contributed by atoms with E-state index in [1.165, 1.54) is 4.90 Å². The lowest BCUT2D eigenvalue weighted by molar-refractivity contribution is -0.892. The van der Waals surface area contributed by atoms with E-state index < -0.39 is 6.03 Å². The Kier molecular flexibility index (Phi) is 5.51. The number of piperazine rings is 1. The van der Waals surface area contributed by atoms with Crippen LogP contribution in [0.15, 0.2) is 24.4 Å². The molecule has 0 atom stereocenters. The quantitative estimate of drug-likeness (QED) is 0.604. The fraction of sp³-hybridized carbons (Fsp3) is 0.500. The fourth-order valence-corrected chi connectivity index (χ4v) is 2.42. The number of carbonyl (C=O) groups is 2. The van der Waals surface area contributed by atoms with Gasteiger partial charge in [0.1, 0.15) is 26.2 Å². The molecule has 2 heterocycles. The minimum Gasteiger partial charge on any atom is -0.338 e. The molecule has 7 heteroatoms.